The fourth-order valence-electron chi connectivity index (χ4n) is 3.80. The fraction of sp³-hybridized carbons (Fsp3) is 0.600. The smallest absolute Gasteiger partial charge is 0.239 e. The van der Waals surface area contributed by atoms with E-state index in [2.05, 4.69) is 4.90 Å². The van der Waals surface area contributed by atoms with Crippen LogP contribution in [0.5, 0.6) is 0 Å². The van der Waals surface area contributed by atoms with Crippen LogP contribution in [0.1, 0.15) is 32.1 Å². The molecule has 0 aromatic heterocycles. The van der Waals surface area contributed by atoms with Gasteiger partial charge in [-0.3, -0.25) is 9.59 Å². The molecule has 1 aromatic carbocycles. The molecule has 2 saturated heterocycles. The van der Waals surface area contributed by atoms with Gasteiger partial charge in [0.1, 0.15) is 5.92 Å². The maximum Gasteiger partial charge on any atom is 0.239 e. The van der Waals surface area contributed by atoms with Gasteiger partial charge < -0.3 is 14.7 Å². The van der Waals surface area contributed by atoms with Gasteiger partial charge in [0.15, 0.2) is 0 Å². The van der Waals surface area contributed by atoms with E-state index in [-0.39, 0.29) is 11.8 Å². The highest BCUT2D eigenvalue weighted by Crippen LogP contribution is 2.26. The minimum Gasteiger partial charge on any atom is -0.344 e. The Morgan fingerprint density at radius 3 is 2.44 bits per heavy atom. The Bertz CT molecular complexity index is 582. The summed E-state index contributed by atoms with van der Waals surface area (Å²) in [5.74, 6) is -0.606. The Hall–Kier alpha value is -1.88. The standard InChI is InChI=1S/C20H29N3O2/c1-21(15-16-22-12-7-2-3-8-13-22)19(24)18-11-14-23(20(18)25)17-9-5-4-6-10-17/h4-6,9-10,18H,2-3,7-8,11-16H2,1H3. The average molecular weight is 343 g/mol. The van der Waals surface area contributed by atoms with Crippen LogP contribution in [-0.4, -0.2) is 61.4 Å². The second-order valence-corrected chi connectivity index (χ2v) is 7.18. The molecular weight excluding hydrogens is 314 g/mol. The second kappa shape index (κ2) is 8.48. The van der Waals surface area contributed by atoms with Crippen LogP contribution in [0.15, 0.2) is 30.3 Å². The summed E-state index contributed by atoms with van der Waals surface area (Å²) in [5, 5.41) is 0. The largest absolute Gasteiger partial charge is 0.344 e. The Balaban J connectivity index is 1.52. The van der Waals surface area contributed by atoms with Gasteiger partial charge in [0, 0.05) is 32.4 Å². The molecule has 2 amide bonds. The Labute approximate surface area is 150 Å². The van der Waals surface area contributed by atoms with E-state index in [4.69, 9.17) is 0 Å². The monoisotopic (exact) mass is 343 g/mol. The zero-order valence-corrected chi connectivity index (χ0v) is 15.2. The fourth-order valence-corrected chi connectivity index (χ4v) is 3.80. The van der Waals surface area contributed by atoms with Crippen molar-refractivity contribution >= 4 is 17.5 Å². The highest BCUT2D eigenvalue weighted by Gasteiger charge is 2.38. The molecule has 3 rings (SSSR count). The van der Waals surface area contributed by atoms with E-state index < -0.39 is 5.92 Å². The van der Waals surface area contributed by atoms with Gasteiger partial charge in [-0.25, -0.2) is 0 Å². The third kappa shape index (κ3) is 4.40. The van der Waals surface area contributed by atoms with Crippen molar-refractivity contribution in [1.29, 1.82) is 0 Å². The molecule has 2 aliphatic heterocycles. The van der Waals surface area contributed by atoms with Gasteiger partial charge >= 0.3 is 0 Å². The number of anilines is 1. The number of rotatable bonds is 5. The number of para-hydroxylation sites is 1. The van der Waals surface area contributed by atoms with Crippen molar-refractivity contribution in [3.8, 4) is 0 Å². The summed E-state index contributed by atoms with van der Waals surface area (Å²) in [6.45, 7) is 4.50. The van der Waals surface area contributed by atoms with Crippen LogP contribution < -0.4 is 4.90 Å². The van der Waals surface area contributed by atoms with E-state index in [1.165, 1.54) is 25.7 Å². The first-order chi connectivity index (χ1) is 12.2. The third-order valence-electron chi connectivity index (χ3n) is 5.40. The van der Waals surface area contributed by atoms with Crippen molar-refractivity contribution in [2.24, 2.45) is 5.92 Å². The molecule has 2 fully saturated rings. The van der Waals surface area contributed by atoms with E-state index in [0.717, 1.165) is 25.3 Å². The van der Waals surface area contributed by atoms with Crippen LogP contribution in [0.3, 0.4) is 0 Å². The van der Waals surface area contributed by atoms with Crippen molar-refractivity contribution in [1.82, 2.24) is 9.80 Å². The van der Waals surface area contributed by atoms with Crippen LogP contribution in [0, 0.1) is 5.92 Å². The first-order valence-electron chi connectivity index (χ1n) is 9.50. The number of carbonyl (C=O) groups excluding carboxylic acids is 2. The molecule has 2 aliphatic rings. The van der Waals surface area contributed by atoms with E-state index >= 15 is 0 Å². The van der Waals surface area contributed by atoms with Crippen LogP contribution in [0.4, 0.5) is 5.69 Å². The number of hydrogen-bond acceptors (Lipinski definition) is 3. The molecular formula is C20H29N3O2. The number of hydrogen-bond donors (Lipinski definition) is 0. The SMILES string of the molecule is CN(CCN1CCCCCC1)C(=O)C1CCN(c2ccccc2)C1=O. The lowest BCUT2D eigenvalue weighted by atomic mass is 10.1. The number of nitrogens with zero attached hydrogens (tertiary/aromatic N) is 3. The molecule has 0 radical (unpaired) electrons. The van der Waals surface area contributed by atoms with E-state index in [0.29, 0.717) is 19.5 Å². The molecule has 2 heterocycles. The first-order valence-corrected chi connectivity index (χ1v) is 9.50. The van der Waals surface area contributed by atoms with Gasteiger partial charge in [0.25, 0.3) is 0 Å². The van der Waals surface area contributed by atoms with E-state index in [1.807, 2.05) is 37.4 Å². The average Bonchev–Trinajstić information content (AvgIpc) is 2.84. The molecule has 25 heavy (non-hydrogen) atoms. The Morgan fingerprint density at radius 2 is 1.76 bits per heavy atom. The summed E-state index contributed by atoms with van der Waals surface area (Å²) in [7, 11) is 1.83. The molecule has 0 N–H and O–H groups in total. The number of likely N-dealkylation sites (N-methyl/N-ethyl adjacent to an activating group) is 1. The topological polar surface area (TPSA) is 43.9 Å². The number of benzene rings is 1. The summed E-state index contributed by atoms with van der Waals surface area (Å²) >= 11 is 0. The van der Waals surface area contributed by atoms with Gasteiger partial charge in [-0.1, -0.05) is 31.0 Å². The zero-order valence-electron chi connectivity index (χ0n) is 15.2. The molecule has 0 spiro atoms. The molecule has 136 valence electrons. The summed E-state index contributed by atoms with van der Waals surface area (Å²) in [6.07, 6.45) is 5.75. The number of likely N-dealkylation sites (tertiary alicyclic amines) is 1. The maximum atomic E-state index is 12.7. The predicted octanol–water partition coefficient (Wildman–Crippen LogP) is 2.37. The van der Waals surface area contributed by atoms with Gasteiger partial charge in [-0.15, -0.1) is 0 Å². The van der Waals surface area contributed by atoms with Crippen LogP contribution in [0.25, 0.3) is 0 Å². The first kappa shape index (κ1) is 17.9. The quantitative estimate of drug-likeness (QED) is 0.771. The lowest BCUT2D eigenvalue weighted by Crippen LogP contribution is -2.41. The van der Waals surface area contributed by atoms with Crippen molar-refractivity contribution in [3.05, 3.63) is 30.3 Å². The van der Waals surface area contributed by atoms with Crippen LogP contribution in [-0.2, 0) is 9.59 Å². The lowest BCUT2D eigenvalue weighted by Gasteiger charge is -2.25. The molecule has 1 aromatic rings. The zero-order chi connectivity index (χ0) is 17.6. The summed E-state index contributed by atoms with van der Waals surface area (Å²) in [6, 6.07) is 9.63. The highest BCUT2D eigenvalue weighted by molar-refractivity contribution is 6.09. The molecule has 5 nitrogen and oxygen atoms in total. The highest BCUT2D eigenvalue weighted by atomic mass is 16.2. The normalized spacial score (nSPS) is 22.0. The van der Waals surface area contributed by atoms with Crippen molar-refractivity contribution in [2.75, 3.05) is 44.7 Å². The lowest BCUT2D eigenvalue weighted by molar-refractivity contribution is -0.138. The van der Waals surface area contributed by atoms with Crippen LogP contribution >= 0.6 is 0 Å². The number of carbonyl (C=O) groups is 2. The summed E-state index contributed by atoms with van der Waals surface area (Å²) in [4.78, 5) is 31.3. The Kier molecular flexibility index (Phi) is 6.08. The minimum absolute atomic E-state index is 0.0294. The minimum atomic E-state index is -0.519. The maximum absolute atomic E-state index is 12.7. The van der Waals surface area contributed by atoms with Crippen molar-refractivity contribution < 1.29 is 9.59 Å². The van der Waals surface area contributed by atoms with Gasteiger partial charge in [0.05, 0.1) is 0 Å². The summed E-state index contributed by atoms with van der Waals surface area (Å²) < 4.78 is 0. The van der Waals surface area contributed by atoms with E-state index in [9.17, 15) is 9.59 Å². The molecule has 0 aliphatic carbocycles. The van der Waals surface area contributed by atoms with Crippen molar-refractivity contribution in [3.63, 3.8) is 0 Å². The third-order valence-corrected chi connectivity index (χ3v) is 5.40. The molecule has 0 bridgehead atoms. The molecule has 1 atom stereocenters. The molecule has 5 heteroatoms. The van der Waals surface area contributed by atoms with Crippen LogP contribution in [0.2, 0.25) is 0 Å². The van der Waals surface area contributed by atoms with Crippen molar-refractivity contribution in [2.45, 2.75) is 32.1 Å². The molecule has 0 saturated carbocycles. The summed E-state index contributed by atoms with van der Waals surface area (Å²) in [5.41, 5.74) is 0.884. The van der Waals surface area contributed by atoms with Gasteiger partial charge in [-0.05, 0) is 44.5 Å². The van der Waals surface area contributed by atoms with E-state index in [1.54, 1.807) is 9.80 Å². The number of amides is 2. The predicted molar refractivity (Wildman–Crippen MR) is 99.4 cm³/mol. The van der Waals surface area contributed by atoms with Gasteiger partial charge in [0.2, 0.25) is 11.8 Å². The second-order valence-electron chi connectivity index (χ2n) is 7.18. The van der Waals surface area contributed by atoms with Gasteiger partial charge in [-0.2, -0.15) is 0 Å². The Morgan fingerprint density at radius 1 is 1.08 bits per heavy atom. The molecule has 1 unspecified atom stereocenters.